The molecule has 0 spiro atoms. The number of aliphatic hydroxyl groups excluding tert-OH is 3. The first kappa shape index (κ1) is 77.6. The summed E-state index contributed by atoms with van der Waals surface area (Å²) >= 11 is 0. The first-order valence-corrected chi connectivity index (χ1v) is 35.7. The smallest absolute Gasteiger partial charge is 0.314 e. The average Bonchev–Trinajstić information content (AvgIpc) is 0.834. The average molecular weight is 1430 g/mol. The van der Waals surface area contributed by atoms with Gasteiger partial charge in [0.2, 0.25) is 5.69 Å². The van der Waals surface area contributed by atoms with Crippen molar-refractivity contribution in [3.05, 3.63) is 377 Å². The Hall–Kier alpha value is -13.0. The molecule has 0 radical (unpaired) electrons. The lowest BCUT2D eigenvalue weighted by molar-refractivity contribution is -0.435. The molecular weight excluding hydrogens is 1340 g/mol. The molecule has 3 N–H and O–H groups in total. The minimum absolute atomic E-state index is 0.0279. The number of esters is 1. The maximum Gasteiger partial charge on any atom is 0.314 e. The summed E-state index contributed by atoms with van der Waals surface area (Å²) in [6.07, 6.45) is 4.51. The highest BCUT2D eigenvalue weighted by atomic mass is 16.5. The van der Waals surface area contributed by atoms with Gasteiger partial charge >= 0.3 is 5.97 Å². The summed E-state index contributed by atoms with van der Waals surface area (Å²) < 4.78 is 15.6. The number of hydrogen-bond acceptors (Lipinski definition) is 12. The zero-order valence-corrected chi connectivity index (χ0v) is 60.9. The van der Waals surface area contributed by atoms with Crippen molar-refractivity contribution in [1.29, 1.82) is 5.26 Å². The van der Waals surface area contributed by atoms with Crippen LogP contribution < -0.4 is 14.2 Å². The molecule has 13 aromatic rings. The Balaban J connectivity index is 0.000000148. The Morgan fingerprint density at radius 2 is 0.750 bits per heavy atom. The molecule has 1 fully saturated rings. The second kappa shape index (κ2) is 40.3. The normalized spacial score (nSPS) is 12.9. The monoisotopic (exact) mass is 1430 g/mol. The lowest BCUT2D eigenvalue weighted by Crippen LogP contribution is -2.28. The molecule has 1 saturated carbocycles. The molecule has 13 nitrogen and oxygen atoms in total. The molecule has 540 valence electrons. The van der Waals surface area contributed by atoms with Crippen molar-refractivity contribution in [2.75, 3.05) is 14.2 Å². The van der Waals surface area contributed by atoms with Crippen molar-refractivity contribution < 1.29 is 44.0 Å². The molecular formula is C95H86N4O9. The van der Waals surface area contributed by atoms with Gasteiger partial charge in [-0.15, -0.1) is 0 Å². The zero-order chi connectivity index (χ0) is 75.8. The number of methoxy groups -OCH3 is 2. The second-order valence-corrected chi connectivity index (χ2v) is 25.8. The molecule has 0 heterocycles. The van der Waals surface area contributed by atoms with E-state index < -0.39 is 0 Å². The number of aryl methyl sites for hydroxylation is 2. The number of ketones is 1. The summed E-state index contributed by atoms with van der Waals surface area (Å²) in [6.45, 7) is 4.14. The molecule has 0 aromatic heterocycles. The topological polar surface area (TPSA) is 197 Å². The molecule has 0 saturated heterocycles. The quantitative estimate of drug-likeness (QED) is 0.0141. The van der Waals surface area contributed by atoms with E-state index in [0.717, 1.165) is 39.3 Å². The van der Waals surface area contributed by atoms with Gasteiger partial charge in [0.1, 0.15) is 22.9 Å². The van der Waals surface area contributed by atoms with Crippen LogP contribution in [-0.2, 0) is 24.6 Å². The lowest BCUT2D eigenvalue weighted by Gasteiger charge is -2.26. The summed E-state index contributed by atoms with van der Waals surface area (Å²) in [5.74, 6) is 1.54. The van der Waals surface area contributed by atoms with Crippen LogP contribution in [0.1, 0.15) is 75.0 Å². The molecule has 13 heteroatoms. The Kier molecular flexibility index (Phi) is 29.0. The molecule has 108 heavy (non-hydrogen) atoms. The van der Waals surface area contributed by atoms with Gasteiger partial charge in [-0.05, 0) is 202 Å². The van der Waals surface area contributed by atoms with Gasteiger partial charge in [-0.2, -0.15) is 5.26 Å². The van der Waals surface area contributed by atoms with E-state index in [4.69, 9.17) is 34.8 Å². The van der Waals surface area contributed by atoms with E-state index in [-0.39, 0.29) is 43.4 Å². The fourth-order valence-electron chi connectivity index (χ4n) is 11.8. The van der Waals surface area contributed by atoms with Crippen LogP contribution in [0.25, 0.3) is 55.6 Å². The van der Waals surface area contributed by atoms with Crippen LogP contribution in [0.5, 0.6) is 17.2 Å². The van der Waals surface area contributed by atoms with Gasteiger partial charge in [0.25, 0.3) is 0 Å². The Morgan fingerprint density at radius 3 is 1.15 bits per heavy atom. The largest absolute Gasteiger partial charge is 0.594 e. The molecule has 0 atom stereocenters. The van der Waals surface area contributed by atoms with Gasteiger partial charge in [-0.25, -0.2) is 0 Å². The number of nitrogens with zero attached hydrogens (tertiary/aromatic N) is 4. The van der Waals surface area contributed by atoms with E-state index in [1.54, 1.807) is 111 Å². The van der Waals surface area contributed by atoms with Crippen LogP contribution in [0.4, 0.5) is 17.1 Å². The van der Waals surface area contributed by atoms with Crippen molar-refractivity contribution in [3.8, 4) is 79.0 Å². The van der Waals surface area contributed by atoms with E-state index in [1.165, 1.54) is 61.2 Å². The van der Waals surface area contributed by atoms with Gasteiger partial charge in [-0.3, -0.25) is 14.6 Å². The fourth-order valence-corrected chi connectivity index (χ4v) is 11.8. The van der Waals surface area contributed by atoms with Crippen LogP contribution in [0.15, 0.2) is 338 Å². The van der Waals surface area contributed by atoms with Crippen molar-refractivity contribution in [3.63, 3.8) is 0 Å². The third-order valence-electron chi connectivity index (χ3n) is 18.2. The molecule has 1 aliphatic rings. The predicted molar refractivity (Wildman–Crippen MR) is 432 cm³/mol. The molecule has 1 aliphatic carbocycles. The van der Waals surface area contributed by atoms with E-state index >= 15 is 0 Å². The number of hydrogen-bond donors (Lipinski definition) is 3. The number of benzene rings is 13. The van der Waals surface area contributed by atoms with Crippen molar-refractivity contribution >= 4 is 35.0 Å². The highest BCUT2D eigenvalue weighted by molar-refractivity contribution is 5.98. The van der Waals surface area contributed by atoms with Crippen LogP contribution >= 0.6 is 0 Å². The summed E-state index contributed by atoms with van der Waals surface area (Å²) in [5, 5.41) is 51.3. The number of carbonyl (C=O) groups excluding carboxylic acids is 2. The molecule has 0 unspecified atom stereocenters. The third kappa shape index (κ3) is 23.3. The van der Waals surface area contributed by atoms with Crippen LogP contribution in [0.3, 0.4) is 0 Å². The highest BCUT2D eigenvalue weighted by Crippen LogP contribution is 2.34. The molecule has 0 bridgehead atoms. The van der Waals surface area contributed by atoms with Gasteiger partial charge in [-0.1, -0.05) is 247 Å². The molecule has 13 aromatic carbocycles. The van der Waals surface area contributed by atoms with Gasteiger partial charge in [0.15, 0.2) is 5.78 Å². The summed E-state index contributed by atoms with van der Waals surface area (Å²) in [5.41, 5.74) is 21.5. The summed E-state index contributed by atoms with van der Waals surface area (Å²) in [4.78, 5) is 30.0. The minimum atomic E-state index is -0.248. The van der Waals surface area contributed by atoms with Crippen molar-refractivity contribution in [1.82, 2.24) is 0 Å². The van der Waals surface area contributed by atoms with Crippen LogP contribution in [-0.4, -0.2) is 52.4 Å². The van der Waals surface area contributed by atoms with Gasteiger partial charge < -0.3 is 34.7 Å². The van der Waals surface area contributed by atoms with E-state index in [2.05, 4.69) is 188 Å². The van der Waals surface area contributed by atoms with Crippen LogP contribution in [0.2, 0.25) is 0 Å². The van der Waals surface area contributed by atoms with E-state index in [1.807, 2.05) is 79.0 Å². The summed E-state index contributed by atoms with van der Waals surface area (Å²) in [6, 6.07) is 109. The van der Waals surface area contributed by atoms with Crippen LogP contribution in [0, 0.1) is 42.2 Å². The molecule has 14 rings (SSSR count). The maximum absolute atomic E-state index is 12.6. The standard InChI is InChI=1S/C30H22.C22H24O5.C15H15NO.C14H14N2O3.C14H11N/c1-3-7-23(8-4-1)25-11-15-27(16-12-25)29-19-21-30(22-20-29)28-17-13-26(14-18-28)24-9-5-2-6-10-24;1-26-19-12-8-17(9-13-19)21(24)16-4-6-18(7-5-16)22(25)27-20-10-2-15(14-23)3-11-20;1-12-2-8-15(9-3-12)16-10-13-4-6-14(11-17)7-5-13;1-19-14-8-6-13(7-9-14)16(18)15-12-4-2-11(10-17)3-5-12;1-11-2-6-13(7-3-11)14-8-4-12(10-15)5-9-14/h1-22H;2-3,8-13,16,18,23H,4-7,14H2,1H3;2-10,17H,11H2,1H3;2-9,17H,10H2,1H3;2-9H,1H3. The number of rotatable bonds is 18. The Bertz CT molecular complexity index is 4910. The maximum atomic E-state index is 12.6. The van der Waals surface area contributed by atoms with Crippen molar-refractivity contribution in [2.45, 2.75) is 59.4 Å². The number of Topliss-reactive ketones (excluding diaryl/α,β-unsaturated/α-hetero) is 1. The Morgan fingerprint density at radius 1 is 0.417 bits per heavy atom. The summed E-state index contributed by atoms with van der Waals surface area (Å²) in [7, 11) is 3.16. The molecule has 0 aliphatic heterocycles. The number of aliphatic imine (C=N–C) groups is 1. The second-order valence-electron chi connectivity index (χ2n) is 25.8. The number of azo groups is 1. The van der Waals surface area contributed by atoms with Gasteiger partial charge in [0, 0.05) is 34.9 Å². The highest BCUT2D eigenvalue weighted by Gasteiger charge is 2.31. The van der Waals surface area contributed by atoms with Gasteiger partial charge in [0.05, 0.1) is 57.3 Å². The van der Waals surface area contributed by atoms with Crippen molar-refractivity contribution in [2.24, 2.45) is 21.9 Å². The molecule has 0 amide bonds. The number of carbonyl (C=O) groups is 2. The number of aliphatic hydroxyl groups is 3. The lowest BCUT2D eigenvalue weighted by atomic mass is 9.78. The first-order valence-electron chi connectivity index (χ1n) is 35.7. The number of ether oxygens (including phenoxy) is 3. The third-order valence-corrected chi connectivity index (χ3v) is 18.2. The predicted octanol–water partition coefficient (Wildman–Crippen LogP) is 22.0. The van der Waals surface area contributed by atoms with E-state index in [9.17, 15) is 14.8 Å². The zero-order valence-electron chi connectivity index (χ0n) is 60.9. The fraction of sp³-hybridized carbons (Fsp3) is 0.137. The first-order chi connectivity index (χ1) is 52.8. The number of nitriles is 1. The minimum Gasteiger partial charge on any atom is -0.594 e. The SMILES string of the molecule is COc1ccc(C(=O)C2CCC(C(=O)Oc3ccc(CO)cc3)CC2)cc1.COc1ccc([N+]([O-])=Nc2ccc(CO)cc2)cc1.Cc1ccc(-c2ccc(C#N)cc2)cc1.Cc1ccc(N=Cc2ccc(CO)cc2)cc1.c1ccc(-c2ccc(-c3ccc(-c4ccc(-c5ccccc5)cc4)cc3)cc2)cc1. The van der Waals surface area contributed by atoms with E-state index in [0.29, 0.717) is 64.5 Å². The Labute approximate surface area is 632 Å².